The molecule has 0 spiro atoms. The third-order valence-corrected chi connectivity index (χ3v) is 21.2. The number of unbranched alkanes of at least 4 members (excludes halogenated alkanes) is 54. The number of carbonyl (C=O) groups is 4. The van der Waals surface area contributed by atoms with E-state index in [1.165, 1.54) is 263 Å². The Morgan fingerprint density at radius 3 is 0.673 bits per heavy atom. The van der Waals surface area contributed by atoms with Crippen LogP contribution in [0.1, 0.15) is 439 Å². The quantitative estimate of drug-likeness (QED) is 0.0222. The number of hydrogen-bond donors (Lipinski definition) is 3. The smallest absolute Gasteiger partial charge is 0.462 e. The number of phosphoric ester groups is 2. The van der Waals surface area contributed by atoms with E-state index in [4.69, 9.17) is 37.0 Å². The van der Waals surface area contributed by atoms with Crippen LogP contribution in [0.4, 0.5) is 0 Å². The molecule has 0 saturated carbocycles. The van der Waals surface area contributed by atoms with Crippen LogP contribution in [0.3, 0.4) is 0 Å². The number of carbonyl (C=O) groups excluding carboxylic acids is 4. The van der Waals surface area contributed by atoms with E-state index >= 15 is 0 Å². The number of ether oxygens (including phenoxy) is 4. The van der Waals surface area contributed by atoms with Gasteiger partial charge < -0.3 is 33.8 Å². The van der Waals surface area contributed by atoms with Crippen molar-refractivity contribution in [3.63, 3.8) is 0 Å². The summed E-state index contributed by atoms with van der Waals surface area (Å²) >= 11 is 0. The highest BCUT2D eigenvalue weighted by Crippen LogP contribution is 2.45. The lowest BCUT2D eigenvalue weighted by atomic mass is 10.0. The lowest BCUT2D eigenvalue weighted by molar-refractivity contribution is -0.161. The second kappa shape index (κ2) is 74.9. The molecule has 0 amide bonds. The minimum absolute atomic E-state index is 0.108. The van der Waals surface area contributed by atoms with Gasteiger partial charge in [0.1, 0.15) is 19.3 Å². The Morgan fingerprint density at radius 2 is 0.455 bits per heavy atom. The topological polar surface area (TPSA) is 237 Å². The molecule has 0 aromatic carbocycles. The van der Waals surface area contributed by atoms with E-state index in [-0.39, 0.29) is 25.7 Å². The van der Waals surface area contributed by atoms with Crippen molar-refractivity contribution < 1.29 is 80.2 Å². The molecule has 0 aromatic heterocycles. The summed E-state index contributed by atoms with van der Waals surface area (Å²) in [5.41, 5.74) is 0. The van der Waals surface area contributed by atoms with Gasteiger partial charge in [-0.3, -0.25) is 37.3 Å². The summed E-state index contributed by atoms with van der Waals surface area (Å²) in [4.78, 5) is 73.0. The average Bonchev–Trinajstić information content (AvgIpc) is 0.971. The number of hydrogen-bond acceptors (Lipinski definition) is 15. The van der Waals surface area contributed by atoms with Crippen LogP contribution in [0, 0.1) is 5.92 Å². The Bertz CT molecular complexity index is 1930. The molecule has 0 rings (SSSR count). The Hall–Kier alpha value is -1.94. The van der Waals surface area contributed by atoms with Gasteiger partial charge in [-0.15, -0.1) is 0 Å². The predicted octanol–water partition coefficient (Wildman–Crippen LogP) is 24.8. The molecule has 600 valence electrons. The van der Waals surface area contributed by atoms with Gasteiger partial charge in [0.2, 0.25) is 0 Å². The predicted molar refractivity (Wildman–Crippen MR) is 414 cm³/mol. The second-order valence-corrected chi connectivity index (χ2v) is 32.9. The van der Waals surface area contributed by atoms with Gasteiger partial charge in [-0.1, -0.05) is 388 Å². The normalized spacial score (nSPS) is 13.8. The van der Waals surface area contributed by atoms with E-state index in [9.17, 15) is 43.2 Å². The summed E-state index contributed by atoms with van der Waals surface area (Å²) in [5.74, 6) is -1.28. The van der Waals surface area contributed by atoms with Gasteiger partial charge in [-0.2, -0.15) is 0 Å². The van der Waals surface area contributed by atoms with Gasteiger partial charge >= 0.3 is 39.5 Å². The minimum Gasteiger partial charge on any atom is -0.462 e. The van der Waals surface area contributed by atoms with Crippen molar-refractivity contribution in [2.75, 3.05) is 39.6 Å². The summed E-state index contributed by atoms with van der Waals surface area (Å²) in [6, 6.07) is 0. The fourth-order valence-electron chi connectivity index (χ4n) is 12.8. The van der Waals surface area contributed by atoms with Crippen LogP contribution in [0.5, 0.6) is 0 Å². The van der Waals surface area contributed by atoms with E-state index < -0.39 is 97.5 Å². The van der Waals surface area contributed by atoms with E-state index in [0.29, 0.717) is 25.7 Å². The van der Waals surface area contributed by atoms with Crippen LogP contribution in [-0.4, -0.2) is 96.7 Å². The Labute approximate surface area is 619 Å². The highest BCUT2D eigenvalue weighted by molar-refractivity contribution is 7.47. The van der Waals surface area contributed by atoms with Gasteiger partial charge in [0.25, 0.3) is 0 Å². The minimum atomic E-state index is -4.96. The first-order chi connectivity index (χ1) is 49.0. The molecule has 0 aromatic rings. The summed E-state index contributed by atoms with van der Waals surface area (Å²) < 4.78 is 68.7. The van der Waals surface area contributed by atoms with Crippen LogP contribution in [0.2, 0.25) is 0 Å². The Kier molecular flexibility index (Phi) is 73.5. The van der Waals surface area contributed by atoms with Crippen molar-refractivity contribution in [1.82, 2.24) is 0 Å². The molecule has 17 nitrogen and oxygen atoms in total. The van der Waals surface area contributed by atoms with E-state index in [0.717, 1.165) is 95.8 Å². The molecule has 0 heterocycles. The molecule has 0 fully saturated rings. The monoisotopic (exact) mass is 1480 g/mol. The van der Waals surface area contributed by atoms with E-state index in [1.807, 2.05) is 0 Å². The van der Waals surface area contributed by atoms with Crippen LogP contribution in [0.25, 0.3) is 0 Å². The maximum Gasteiger partial charge on any atom is 0.472 e. The SMILES string of the molecule is CCCCCCCCCCCCCCCCCCCCC(=O)OC[C@H](COP(=O)(O)OC[C@@H](O)COP(=O)(O)OC[C@@H](COC(=O)CCCCCCCCCCCCC)OC(=O)CCCCCCCCCCCCC)OC(=O)CCCCCCCCCCCCCCCCCCCCC(C)C. The Balaban J connectivity index is 5.21. The third-order valence-electron chi connectivity index (χ3n) is 19.3. The van der Waals surface area contributed by atoms with Crippen molar-refractivity contribution in [1.29, 1.82) is 0 Å². The number of phosphoric acid groups is 2. The molecule has 0 bridgehead atoms. The van der Waals surface area contributed by atoms with Crippen LogP contribution >= 0.6 is 15.6 Å². The van der Waals surface area contributed by atoms with Gasteiger partial charge in [0.05, 0.1) is 26.4 Å². The maximum absolute atomic E-state index is 13.1. The van der Waals surface area contributed by atoms with Crippen molar-refractivity contribution in [3.05, 3.63) is 0 Å². The van der Waals surface area contributed by atoms with Crippen LogP contribution in [-0.2, 0) is 65.4 Å². The first kappa shape index (κ1) is 99.1. The van der Waals surface area contributed by atoms with Crippen molar-refractivity contribution in [2.45, 2.75) is 457 Å². The lowest BCUT2D eigenvalue weighted by Gasteiger charge is -2.21. The summed E-state index contributed by atoms with van der Waals surface area (Å²) in [5, 5.41) is 10.6. The molecule has 0 radical (unpaired) electrons. The molecule has 0 aliphatic rings. The highest BCUT2D eigenvalue weighted by atomic mass is 31.2. The molecule has 101 heavy (non-hydrogen) atoms. The average molecular weight is 1480 g/mol. The molecular weight excluding hydrogens is 1320 g/mol. The lowest BCUT2D eigenvalue weighted by Crippen LogP contribution is -2.30. The number of aliphatic hydroxyl groups is 1. The van der Waals surface area contributed by atoms with Crippen molar-refractivity contribution >= 4 is 39.5 Å². The van der Waals surface area contributed by atoms with Crippen molar-refractivity contribution in [2.24, 2.45) is 5.92 Å². The third kappa shape index (κ3) is 76.1. The van der Waals surface area contributed by atoms with Crippen LogP contribution in [0.15, 0.2) is 0 Å². The Morgan fingerprint density at radius 1 is 0.267 bits per heavy atom. The summed E-state index contributed by atoms with van der Waals surface area (Å²) in [7, 11) is -9.92. The molecule has 19 heteroatoms. The van der Waals surface area contributed by atoms with E-state index in [2.05, 4.69) is 34.6 Å². The molecule has 3 N–H and O–H groups in total. The second-order valence-electron chi connectivity index (χ2n) is 30.0. The fourth-order valence-corrected chi connectivity index (χ4v) is 14.3. The zero-order valence-electron chi connectivity index (χ0n) is 66.1. The number of esters is 4. The van der Waals surface area contributed by atoms with E-state index in [1.54, 1.807) is 0 Å². The van der Waals surface area contributed by atoms with Crippen LogP contribution < -0.4 is 0 Å². The fraction of sp³-hybridized carbons (Fsp3) is 0.951. The number of aliphatic hydroxyl groups excluding tert-OH is 1. The van der Waals surface area contributed by atoms with Crippen molar-refractivity contribution in [3.8, 4) is 0 Å². The molecule has 0 aliphatic carbocycles. The maximum atomic E-state index is 13.1. The zero-order valence-corrected chi connectivity index (χ0v) is 67.8. The molecule has 0 aliphatic heterocycles. The van der Waals surface area contributed by atoms with Gasteiger partial charge in [-0.05, 0) is 31.6 Å². The molecule has 5 atom stereocenters. The standard InChI is InChI=1S/C82H160O17P2/c1-6-9-12-15-18-21-24-25-26-27-31-34-37-42-46-51-56-61-66-80(85)93-72-78(99-82(87)68-63-58-53-48-43-38-35-32-29-28-30-33-36-41-44-49-54-59-64-75(4)5)74-97-101(90,91)95-70-76(83)69-94-100(88,89)96-73-77(98-81(86)67-62-57-52-47-40-23-20-17-14-11-8-3)71-92-79(84)65-60-55-50-45-39-22-19-16-13-10-7-2/h75-78,83H,6-74H2,1-5H3,(H,88,89)(H,90,91)/t76-,77+,78+/m0/s1. The summed E-state index contributed by atoms with van der Waals surface area (Å²) in [6.45, 7) is 7.36. The first-order valence-corrected chi connectivity index (χ1v) is 45.6. The molecular formula is C82H160O17P2. The van der Waals surface area contributed by atoms with Gasteiger partial charge in [0.15, 0.2) is 12.2 Å². The van der Waals surface area contributed by atoms with Gasteiger partial charge in [-0.25, -0.2) is 9.13 Å². The first-order valence-electron chi connectivity index (χ1n) is 42.6. The molecule has 0 saturated heterocycles. The highest BCUT2D eigenvalue weighted by Gasteiger charge is 2.30. The zero-order chi connectivity index (χ0) is 74.1. The largest absolute Gasteiger partial charge is 0.472 e. The number of rotatable bonds is 82. The molecule has 2 unspecified atom stereocenters. The van der Waals surface area contributed by atoms with Gasteiger partial charge in [0, 0.05) is 25.7 Å². The summed E-state index contributed by atoms with van der Waals surface area (Å²) in [6.07, 6.45) is 66.6.